The minimum Gasteiger partial charge on any atom is -0.481 e. The summed E-state index contributed by atoms with van der Waals surface area (Å²) in [5.74, 6) is 3.33. The van der Waals surface area contributed by atoms with Crippen LogP contribution >= 0.6 is 11.8 Å². The van der Waals surface area contributed by atoms with E-state index in [1.165, 1.54) is 17.9 Å². The minimum absolute atomic E-state index is 0.276. The van der Waals surface area contributed by atoms with Gasteiger partial charge in [0, 0.05) is 44.5 Å². The van der Waals surface area contributed by atoms with Gasteiger partial charge >= 0.3 is 0 Å². The standard InChI is InChI=1S/C16H28N4O2S/c1-13-14(15(21-3)19(2)18-13)10-17-11-16(4-9-23-12-16)20-5-7-22-8-6-20/h17H,4-12H2,1-3H3. The molecule has 0 bridgehead atoms. The van der Waals surface area contributed by atoms with Crippen LogP contribution in [0.2, 0.25) is 0 Å². The van der Waals surface area contributed by atoms with Crippen molar-refractivity contribution in [1.29, 1.82) is 0 Å². The fraction of sp³-hybridized carbons (Fsp3) is 0.812. The summed E-state index contributed by atoms with van der Waals surface area (Å²) in [6.07, 6.45) is 1.26. The van der Waals surface area contributed by atoms with Crippen molar-refractivity contribution in [3.05, 3.63) is 11.3 Å². The lowest BCUT2D eigenvalue weighted by atomic mass is 9.95. The van der Waals surface area contributed by atoms with E-state index in [9.17, 15) is 0 Å². The van der Waals surface area contributed by atoms with E-state index < -0.39 is 0 Å². The zero-order valence-electron chi connectivity index (χ0n) is 14.4. The Balaban J connectivity index is 1.64. The summed E-state index contributed by atoms with van der Waals surface area (Å²) in [5, 5.41) is 8.14. The molecule has 0 radical (unpaired) electrons. The first-order valence-corrected chi connectivity index (χ1v) is 9.49. The number of aromatic nitrogens is 2. The fourth-order valence-electron chi connectivity index (χ4n) is 3.69. The van der Waals surface area contributed by atoms with E-state index in [2.05, 4.69) is 27.1 Å². The highest BCUT2D eigenvalue weighted by Gasteiger charge is 2.40. The molecule has 7 heteroatoms. The smallest absolute Gasteiger partial charge is 0.216 e. The molecule has 23 heavy (non-hydrogen) atoms. The molecule has 2 aliphatic rings. The molecule has 0 aliphatic carbocycles. The second-order valence-corrected chi connectivity index (χ2v) is 7.53. The van der Waals surface area contributed by atoms with Crippen LogP contribution in [0.1, 0.15) is 17.7 Å². The molecule has 2 aliphatic heterocycles. The van der Waals surface area contributed by atoms with Crippen molar-refractivity contribution in [2.24, 2.45) is 7.05 Å². The van der Waals surface area contributed by atoms with E-state index in [1.54, 1.807) is 7.11 Å². The summed E-state index contributed by atoms with van der Waals surface area (Å²) in [6, 6.07) is 0. The van der Waals surface area contributed by atoms with Crippen LogP contribution in [-0.4, -0.2) is 71.7 Å². The van der Waals surface area contributed by atoms with Crippen LogP contribution < -0.4 is 10.1 Å². The quantitative estimate of drug-likeness (QED) is 0.835. The predicted octanol–water partition coefficient (Wildman–Crippen LogP) is 1.03. The van der Waals surface area contributed by atoms with Gasteiger partial charge in [-0.25, -0.2) is 4.68 Å². The number of ether oxygens (including phenoxy) is 2. The Morgan fingerprint density at radius 2 is 2.17 bits per heavy atom. The third-order valence-electron chi connectivity index (χ3n) is 5.00. The number of hydrogen-bond donors (Lipinski definition) is 1. The van der Waals surface area contributed by atoms with Gasteiger partial charge < -0.3 is 14.8 Å². The molecule has 6 nitrogen and oxygen atoms in total. The van der Waals surface area contributed by atoms with E-state index in [0.29, 0.717) is 0 Å². The lowest BCUT2D eigenvalue weighted by molar-refractivity contribution is -0.0134. The number of aryl methyl sites for hydroxylation is 2. The Morgan fingerprint density at radius 1 is 1.39 bits per heavy atom. The number of nitrogens with zero attached hydrogens (tertiary/aromatic N) is 3. The number of thioether (sulfide) groups is 1. The average molecular weight is 340 g/mol. The maximum Gasteiger partial charge on any atom is 0.216 e. The molecule has 0 aromatic carbocycles. The number of rotatable bonds is 6. The normalized spacial score (nSPS) is 25.9. The molecule has 0 saturated carbocycles. The van der Waals surface area contributed by atoms with Gasteiger partial charge in [-0.1, -0.05) is 0 Å². The van der Waals surface area contributed by atoms with Gasteiger partial charge in [-0.05, 0) is 19.1 Å². The van der Waals surface area contributed by atoms with Crippen LogP contribution in [0.3, 0.4) is 0 Å². The fourth-order valence-corrected chi connectivity index (χ4v) is 5.17. The van der Waals surface area contributed by atoms with Gasteiger partial charge in [0.15, 0.2) is 0 Å². The summed E-state index contributed by atoms with van der Waals surface area (Å²) in [5.41, 5.74) is 2.48. The van der Waals surface area contributed by atoms with E-state index in [1.807, 2.05) is 18.7 Å². The molecule has 1 atom stereocenters. The summed E-state index contributed by atoms with van der Waals surface area (Å²) in [7, 11) is 3.64. The molecule has 1 aromatic heterocycles. The maximum atomic E-state index is 5.53. The molecule has 1 N–H and O–H groups in total. The van der Waals surface area contributed by atoms with Crippen LogP contribution in [0.25, 0.3) is 0 Å². The largest absolute Gasteiger partial charge is 0.481 e. The van der Waals surface area contributed by atoms with Crippen molar-refractivity contribution in [2.45, 2.75) is 25.4 Å². The Morgan fingerprint density at radius 3 is 2.83 bits per heavy atom. The van der Waals surface area contributed by atoms with Crippen LogP contribution in [0.15, 0.2) is 0 Å². The van der Waals surface area contributed by atoms with Crippen molar-refractivity contribution in [3.8, 4) is 5.88 Å². The molecule has 0 amide bonds. The van der Waals surface area contributed by atoms with Gasteiger partial charge in [0.25, 0.3) is 0 Å². The van der Waals surface area contributed by atoms with E-state index in [-0.39, 0.29) is 5.54 Å². The highest BCUT2D eigenvalue weighted by Crippen LogP contribution is 2.33. The molecule has 1 unspecified atom stereocenters. The first-order valence-electron chi connectivity index (χ1n) is 8.34. The first kappa shape index (κ1) is 17.1. The van der Waals surface area contributed by atoms with Crippen molar-refractivity contribution < 1.29 is 9.47 Å². The Hall–Kier alpha value is -0.760. The zero-order valence-corrected chi connectivity index (χ0v) is 15.2. The lowest BCUT2D eigenvalue weighted by Crippen LogP contribution is -2.58. The monoisotopic (exact) mass is 340 g/mol. The Labute approximate surface area is 142 Å². The summed E-state index contributed by atoms with van der Waals surface area (Å²) in [6.45, 7) is 7.69. The van der Waals surface area contributed by atoms with Gasteiger partial charge in [0.2, 0.25) is 5.88 Å². The van der Waals surface area contributed by atoms with Crippen LogP contribution in [0.5, 0.6) is 5.88 Å². The third-order valence-corrected chi connectivity index (χ3v) is 6.24. The number of nitrogens with one attached hydrogen (secondary N) is 1. The number of hydrogen-bond acceptors (Lipinski definition) is 6. The van der Waals surface area contributed by atoms with Crippen molar-refractivity contribution in [3.63, 3.8) is 0 Å². The first-order chi connectivity index (χ1) is 11.2. The highest BCUT2D eigenvalue weighted by atomic mass is 32.2. The highest BCUT2D eigenvalue weighted by molar-refractivity contribution is 7.99. The number of morpholine rings is 1. The molecule has 130 valence electrons. The lowest BCUT2D eigenvalue weighted by Gasteiger charge is -2.43. The molecule has 2 saturated heterocycles. The molecule has 2 fully saturated rings. The second kappa shape index (κ2) is 7.42. The topological polar surface area (TPSA) is 51.6 Å². The van der Waals surface area contributed by atoms with Crippen LogP contribution in [0.4, 0.5) is 0 Å². The van der Waals surface area contributed by atoms with Crippen molar-refractivity contribution >= 4 is 11.8 Å². The van der Waals surface area contributed by atoms with E-state index >= 15 is 0 Å². The average Bonchev–Trinajstić information content (AvgIpc) is 3.14. The predicted molar refractivity (Wildman–Crippen MR) is 93.3 cm³/mol. The molecular formula is C16H28N4O2S. The Kier molecular flexibility index (Phi) is 5.51. The Bertz CT molecular complexity index is 522. The van der Waals surface area contributed by atoms with Crippen LogP contribution in [0, 0.1) is 6.92 Å². The number of methoxy groups -OCH3 is 1. The SMILES string of the molecule is COc1c(CNCC2(N3CCOCC3)CCSC2)c(C)nn1C. The second-order valence-electron chi connectivity index (χ2n) is 6.43. The summed E-state index contributed by atoms with van der Waals surface area (Å²) in [4.78, 5) is 2.64. The summed E-state index contributed by atoms with van der Waals surface area (Å²) < 4.78 is 12.8. The van der Waals surface area contributed by atoms with E-state index in [4.69, 9.17) is 9.47 Å². The molecule has 1 aromatic rings. The van der Waals surface area contributed by atoms with Gasteiger partial charge in [-0.3, -0.25) is 4.90 Å². The molecular weight excluding hydrogens is 312 g/mol. The maximum absolute atomic E-state index is 5.53. The molecule has 3 rings (SSSR count). The minimum atomic E-state index is 0.276. The van der Waals surface area contributed by atoms with Gasteiger partial charge in [0.1, 0.15) is 0 Å². The molecule has 3 heterocycles. The van der Waals surface area contributed by atoms with Gasteiger partial charge in [-0.2, -0.15) is 16.9 Å². The summed E-state index contributed by atoms with van der Waals surface area (Å²) >= 11 is 2.07. The zero-order chi connectivity index (χ0) is 16.3. The van der Waals surface area contributed by atoms with E-state index in [0.717, 1.165) is 56.5 Å². The van der Waals surface area contributed by atoms with Crippen molar-refractivity contribution in [2.75, 3.05) is 51.5 Å². The van der Waals surface area contributed by atoms with Crippen LogP contribution in [-0.2, 0) is 18.3 Å². The third kappa shape index (κ3) is 3.52. The van der Waals surface area contributed by atoms with Gasteiger partial charge in [-0.15, -0.1) is 0 Å². The van der Waals surface area contributed by atoms with Crippen molar-refractivity contribution in [1.82, 2.24) is 20.0 Å². The van der Waals surface area contributed by atoms with Gasteiger partial charge in [0.05, 0.1) is 31.6 Å². The molecule has 0 spiro atoms.